The Morgan fingerprint density at radius 3 is 2.58 bits per heavy atom. The molecule has 4 aromatic rings. The molecule has 0 fully saturated rings. The fraction of sp³-hybridized carbons (Fsp3) is 0.167. The standard InChI is InChI=1S/C24H21F2N3O2/c25-16-6-4-15(5-7-16)24-18(19-13-17(26)8-10-20(19)29-24)9-11-23(31)28-14-22(30)21-3-1-2-12-27-21/h1-8,10,12-13,22,29-30H,9,11,14H2,(H,28,31). The van der Waals surface area contributed by atoms with Gasteiger partial charge in [-0.3, -0.25) is 9.78 Å². The molecule has 31 heavy (non-hydrogen) atoms. The van der Waals surface area contributed by atoms with E-state index in [-0.39, 0.29) is 30.5 Å². The molecule has 3 N–H and O–H groups in total. The van der Waals surface area contributed by atoms with Crippen molar-refractivity contribution in [3.63, 3.8) is 0 Å². The van der Waals surface area contributed by atoms with Crippen molar-refractivity contribution in [2.45, 2.75) is 18.9 Å². The third kappa shape index (κ3) is 4.78. The molecular weight excluding hydrogens is 400 g/mol. The lowest BCUT2D eigenvalue weighted by Gasteiger charge is -2.11. The van der Waals surface area contributed by atoms with Crippen LogP contribution in [0.15, 0.2) is 66.9 Å². The number of halogens is 2. The Kier molecular flexibility index (Phi) is 6.04. The highest BCUT2D eigenvalue weighted by Gasteiger charge is 2.16. The Balaban J connectivity index is 1.50. The summed E-state index contributed by atoms with van der Waals surface area (Å²) in [6.07, 6.45) is 1.17. The first-order valence-corrected chi connectivity index (χ1v) is 9.93. The molecule has 5 nitrogen and oxygen atoms in total. The van der Waals surface area contributed by atoms with Crippen LogP contribution in [0.25, 0.3) is 22.2 Å². The molecule has 0 bridgehead atoms. The van der Waals surface area contributed by atoms with Gasteiger partial charge >= 0.3 is 0 Å². The Morgan fingerprint density at radius 2 is 1.84 bits per heavy atom. The van der Waals surface area contributed by atoms with E-state index in [4.69, 9.17) is 0 Å². The smallest absolute Gasteiger partial charge is 0.220 e. The predicted octanol–water partition coefficient (Wildman–Crippen LogP) is 4.29. The van der Waals surface area contributed by atoms with Crippen LogP contribution in [0, 0.1) is 11.6 Å². The van der Waals surface area contributed by atoms with Crippen molar-refractivity contribution in [3.8, 4) is 11.3 Å². The molecule has 1 amide bonds. The van der Waals surface area contributed by atoms with Crippen LogP contribution >= 0.6 is 0 Å². The molecule has 0 radical (unpaired) electrons. The molecule has 2 heterocycles. The Labute approximate surface area is 177 Å². The maximum absolute atomic E-state index is 13.9. The van der Waals surface area contributed by atoms with Crippen molar-refractivity contribution < 1.29 is 18.7 Å². The number of aromatic nitrogens is 2. The van der Waals surface area contributed by atoms with Gasteiger partial charge in [0.05, 0.1) is 5.69 Å². The van der Waals surface area contributed by atoms with Gasteiger partial charge in [-0.2, -0.15) is 0 Å². The van der Waals surface area contributed by atoms with Crippen LogP contribution in [0.1, 0.15) is 23.8 Å². The topological polar surface area (TPSA) is 78.0 Å². The summed E-state index contributed by atoms with van der Waals surface area (Å²) in [5.41, 5.74) is 3.47. The Morgan fingerprint density at radius 1 is 1.06 bits per heavy atom. The van der Waals surface area contributed by atoms with Gasteiger partial charge in [0.15, 0.2) is 0 Å². The number of nitrogens with zero attached hydrogens (tertiary/aromatic N) is 1. The fourth-order valence-electron chi connectivity index (χ4n) is 3.56. The van der Waals surface area contributed by atoms with Gasteiger partial charge in [0.2, 0.25) is 5.91 Å². The first-order valence-electron chi connectivity index (χ1n) is 9.93. The average molecular weight is 421 g/mol. The fourth-order valence-corrected chi connectivity index (χ4v) is 3.56. The molecule has 0 saturated carbocycles. The van der Waals surface area contributed by atoms with Gasteiger partial charge in [-0.1, -0.05) is 6.07 Å². The van der Waals surface area contributed by atoms with E-state index < -0.39 is 6.10 Å². The number of fused-ring (bicyclic) bond motifs is 1. The van der Waals surface area contributed by atoms with Crippen molar-refractivity contribution in [2.24, 2.45) is 0 Å². The van der Waals surface area contributed by atoms with Crippen molar-refractivity contribution >= 4 is 16.8 Å². The minimum Gasteiger partial charge on any atom is -0.385 e. The minimum atomic E-state index is -0.901. The third-order valence-electron chi connectivity index (χ3n) is 5.12. The number of aliphatic hydroxyl groups is 1. The number of carbonyl (C=O) groups is 1. The molecule has 0 aliphatic heterocycles. The number of aliphatic hydroxyl groups excluding tert-OH is 1. The quantitative estimate of drug-likeness (QED) is 0.417. The predicted molar refractivity (Wildman–Crippen MR) is 114 cm³/mol. The number of carbonyl (C=O) groups excluding carboxylic acids is 1. The van der Waals surface area contributed by atoms with Crippen molar-refractivity contribution in [1.29, 1.82) is 0 Å². The SMILES string of the molecule is O=C(CCc1c(-c2ccc(F)cc2)[nH]c2ccc(F)cc12)NCC(O)c1ccccn1. The lowest BCUT2D eigenvalue weighted by atomic mass is 10.0. The summed E-state index contributed by atoms with van der Waals surface area (Å²) in [5.74, 6) is -0.967. The van der Waals surface area contributed by atoms with E-state index in [1.807, 2.05) is 0 Å². The van der Waals surface area contributed by atoms with E-state index in [0.717, 1.165) is 22.3 Å². The molecule has 0 spiro atoms. The zero-order chi connectivity index (χ0) is 21.8. The van der Waals surface area contributed by atoms with Crippen molar-refractivity contribution in [2.75, 3.05) is 6.54 Å². The van der Waals surface area contributed by atoms with Crippen LogP contribution in [0.5, 0.6) is 0 Å². The summed E-state index contributed by atoms with van der Waals surface area (Å²) in [7, 11) is 0. The summed E-state index contributed by atoms with van der Waals surface area (Å²) in [4.78, 5) is 19.7. The van der Waals surface area contributed by atoms with Gasteiger partial charge in [-0.25, -0.2) is 8.78 Å². The van der Waals surface area contributed by atoms with Crippen molar-refractivity contribution in [3.05, 3.63) is 89.8 Å². The van der Waals surface area contributed by atoms with Crippen LogP contribution in [-0.2, 0) is 11.2 Å². The Bertz CT molecular complexity index is 1190. The molecule has 1 unspecified atom stereocenters. The van der Waals surface area contributed by atoms with Crippen molar-refractivity contribution in [1.82, 2.24) is 15.3 Å². The number of hydrogen-bond acceptors (Lipinski definition) is 3. The summed E-state index contributed by atoms with van der Waals surface area (Å²) >= 11 is 0. The zero-order valence-corrected chi connectivity index (χ0v) is 16.6. The lowest BCUT2D eigenvalue weighted by molar-refractivity contribution is -0.121. The van der Waals surface area contributed by atoms with E-state index in [2.05, 4.69) is 15.3 Å². The molecule has 158 valence electrons. The number of amides is 1. The van der Waals surface area contributed by atoms with Crippen LogP contribution in [-0.4, -0.2) is 27.5 Å². The summed E-state index contributed by atoms with van der Waals surface area (Å²) in [6.45, 7) is 0.0448. The number of rotatable bonds is 7. The summed E-state index contributed by atoms with van der Waals surface area (Å²) in [5, 5.41) is 13.5. The van der Waals surface area contributed by atoms with Gasteiger partial charge in [-0.15, -0.1) is 0 Å². The first kappa shape index (κ1) is 20.7. The molecule has 0 saturated heterocycles. The molecule has 4 rings (SSSR count). The van der Waals surface area contributed by atoms with E-state index in [9.17, 15) is 18.7 Å². The molecule has 0 aliphatic carbocycles. The highest BCUT2D eigenvalue weighted by atomic mass is 19.1. The van der Waals surface area contributed by atoms with Gasteiger partial charge < -0.3 is 15.4 Å². The zero-order valence-electron chi connectivity index (χ0n) is 16.6. The monoisotopic (exact) mass is 421 g/mol. The Hall–Kier alpha value is -3.58. The van der Waals surface area contributed by atoms with Crippen LogP contribution in [0.4, 0.5) is 8.78 Å². The second-order valence-electron chi connectivity index (χ2n) is 7.25. The summed E-state index contributed by atoms with van der Waals surface area (Å²) < 4.78 is 27.2. The highest BCUT2D eigenvalue weighted by molar-refractivity contribution is 5.91. The largest absolute Gasteiger partial charge is 0.385 e. The van der Waals surface area contributed by atoms with Gasteiger partial charge in [0.25, 0.3) is 0 Å². The van der Waals surface area contributed by atoms with E-state index in [1.54, 1.807) is 42.6 Å². The molecule has 2 aromatic heterocycles. The molecule has 0 aliphatic rings. The maximum Gasteiger partial charge on any atom is 0.220 e. The van der Waals surface area contributed by atoms with E-state index in [0.29, 0.717) is 17.5 Å². The molecule has 2 aromatic carbocycles. The van der Waals surface area contributed by atoms with E-state index in [1.165, 1.54) is 24.3 Å². The van der Waals surface area contributed by atoms with Crippen LogP contribution in [0.2, 0.25) is 0 Å². The maximum atomic E-state index is 13.9. The van der Waals surface area contributed by atoms with Gasteiger partial charge in [0.1, 0.15) is 17.7 Å². The van der Waals surface area contributed by atoms with Crippen LogP contribution < -0.4 is 5.32 Å². The summed E-state index contributed by atoms with van der Waals surface area (Å²) in [6, 6.07) is 15.6. The number of aryl methyl sites for hydroxylation is 1. The lowest BCUT2D eigenvalue weighted by Crippen LogP contribution is -2.28. The average Bonchev–Trinajstić information content (AvgIpc) is 3.14. The van der Waals surface area contributed by atoms with E-state index >= 15 is 0 Å². The number of pyridine rings is 1. The number of nitrogens with one attached hydrogen (secondary N) is 2. The number of hydrogen-bond donors (Lipinski definition) is 3. The van der Waals surface area contributed by atoms with Gasteiger partial charge in [-0.05, 0) is 72.1 Å². The third-order valence-corrected chi connectivity index (χ3v) is 5.12. The number of H-pyrrole nitrogens is 1. The number of benzene rings is 2. The second-order valence-corrected chi connectivity index (χ2v) is 7.25. The van der Waals surface area contributed by atoms with Crippen LogP contribution in [0.3, 0.4) is 0 Å². The minimum absolute atomic E-state index is 0.0448. The highest BCUT2D eigenvalue weighted by Crippen LogP contribution is 2.32. The first-order chi connectivity index (χ1) is 15.0. The number of aromatic amines is 1. The molecule has 1 atom stereocenters. The normalized spacial score (nSPS) is 12.1. The molecule has 7 heteroatoms. The second kappa shape index (κ2) is 9.06. The van der Waals surface area contributed by atoms with Gasteiger partial charge in [0, 0.05) is 35.8 Å². The molecular formula is C24H21F2N3O2.